The second-order valence-corrected chi connectivity index (χ2v) is 5.12. The molecule has 0 saturated heterocycles. The van der Waals surface area contributed by atoms with Gasteiger partial charge in [-0.25, -0.2) is 4.39 Å². The van der Waals surface area contributed by atoms with Crippen LogP contribution in [0.25, 0.3) is 0 Å². The summed E-state index contributed by atoms with van der Waals surface area (Å²) in [7, 11) is 0. The Hall–Kier alpha value is -2.36. The maximum Gasteiger partial charge on any atom is 0.247 e. The molecule has 0 radical (unpaired) electrons. The fourth-order valence-corrected chi connectivity index (χ4v) is 2.36. The molecular weight excluding hydrogens is 267 g/mol. The molecule has 2 rings (SSSR count). The molecule has 1 unspecified atom stereocenters. The SMILES string of the molecule is CCC(Nc1ccc(C)cc1)(C(N)=O)c1ccc(F)cc1. The molecule has 4 heteroatoms. The molecule has 21 heavy (non-hydrogen) atoms. The highest BCUT2D eigenvalue weighted by Crippen LogP contribution is 2.30. The predicted molar refractivity (Wildman–Crippen MR) is 82.4 cm³/mol. The van der Waals surface area contributed by atoms with Crippen LogP contribution in [0.15, 0.2) is 48.5 Å². The minimum absolute atomic E-state index is 0.344. The molecule has 0 fully saturated rings. The van der Waals surface area contributed by atoms with Crippen molar-refractivity contribution in [1.29, 1.82) is 0 Å². The Morgan fingerprint density at radius 1 is 1.14 bits per heavy atom. The molecule has 1 amide bonds. The quantitative estimate of drug-likeness (QED) is 0.885. The van der Waals surface area contributed by atoms with Gasteiger partial charge in [0, 0.05) is 5.69 Å². The number of anilines is 1. The topological polar surface area (TPSA) is 55.1 Å². The zero-order valence-corrected chi connectivity index (χ0v) is 12.2. The van der Waals surface area contributed by atoms with E-state index in [1.807, 2.05) is 38.1 Å². The summed E-state index contributed by atoms with van der Waals surface area (Å²) < 4.78 is 13.1. The van der Waals surface area contributed by atoms with Crippen LogP contribution in [0.5, 0.6) is 0 Å². The molecule has 110 valence electrons. The second kappa shape index (κ2) is 5.95. The predicted octanol–water partition coefficient (Wildman–Crippen LogP) is 3.34. The third kappa shape index (κ3) is 3.05. The maximum absolute atomic E-state index is 13.1. The average molecular weight is 286 g/mol. The monoisotopic (exact) mass is 286 g/mol. The lowest BCUT2D eigenvalue weighted by Crippen LogP contribution is -2.47. The van der Waals surface area contributed by atoms with E-state index < -0.39 is 11.4 Å². The molecular formula is C17H19FN2O. The first-order valence-electron chi connectivity index (χ1n) is 6.89. The summed E-state index contributed by atoms with van der Waals surface area (Å²) in [6.45, 7) is 3.86. The lowest BCUT2D eigenvalue weighted by atomic mass is 9.86. The van der Waals surface area contributed by atoms with Crippen LogP contribution in [-0.2, 0) is 10.3 Å². The molecule has 2 aromatic carbocycles. The van der Waals surface area contributed by atoms with Crippen molar-refractivity contribution in [3.8, 4) is 0 Å². The molecule has 0 aromatic heterocycles. The Morgan fingerprint density at radius 3 is 2.19 bits per heavy atom. The standard InChI is InChI=1S/C17H19FN2O/c1-3-17(16(19)21,13-6-8-14(18)9-7-13)20-15-10-4-12(2)5-11-15/h4-11,20H,3H2,1-2H3,(H2,19,21). The Morgan fingerprint density at radius 2 is 1.71 bits per heavy atom. The molecule has 0 bridgehead atoms. The summed E-state index contributed by atoms with van der Waals surface area (Å²) in [4.78, 5) is 12.1. The number of amides is 1. The number of nitrogens with two attached hydrogens (primary N) is 1. The summed E-state index contributed by atoms with van der Waals surface area (Å²) in [5.74, 6) is -0.833. The van der Waals surface area contributed by atoms with Gasteiger partial charge in [0.2, 0.25) is 5.91 Å². The zero-order chi connectivity index (χ0) is 15.5. The van der Waals surface area contributed by atoms with Crippen molar-refractivity contribution in [2.45, 2.75) is 25.8 Å². The molecule has 0 aliphatic rings. The third-order valence-corrected chi connectivity index (χ3v) is 3.70. The van der Waals surface area contributed by atoms with E-state index in [9.17, 15) is 9.18 Å². The van der Waals surface area contributed by atoms with Crippen molar-refractivity contribution in [3.63, 3.8) is 0 Å². The van der Waals surface area contributed by atoms with Gasteiger partial charge in [0.05, 0.1) is 0 Å². The minimum atomic E-state index is -1.05. The van der Waals surface area contributed by atoms with Crippen LogP contribution in [0.4, 0.5) is 10.1 Å². The molecule has 0 spiro atoms. The molecule has 3 N–H and O–H groups in total. The molecule has 0 aliphatic carbocycles. The highest BCUT2D eigenvalue weighted by atomic mass is 19.1. The summed E-state index contributed by atoms with van der Waals surface area (Å²) in [5, 5.41) is 3.21. The lowest BCUT2D eigenvalue weighted by molar-refractivity contribution is -0.122. The van der Waals surface area contributed by atoms with E-state index in [0.717, 1.165) is 11.3 Å². The fourth-order valence-electron chi connectivity index (χ4n) is 2.36. The van der Waals surface area contributed by atoms with E-state index in [4.69, 9.17) is 5.73 Å². The number of benzene rings is 2. The third-order valence-electron chi connectivity index (χ3n) is 3.70. The smallest absolute Gasteiger partial charge is 0.247 e. The first-order valence-corrected chi connectivity index (χ1v) is 6.89. The van der Waals surface area contributed by atoms with Crippen LogP contribution >= 0.6 is 0 Å². The van der Waals surface area contributed by atoms with Gasteiger partial charge < -0.3 is 11.1 Å². The zero-order valence-electron chi connectivity index (χ0n) is 12.2. The van der Waals surface area contributed by atoms with Gasteiger partial charge in [-0.1, -0.05) is 36.8 Å². The van der Waals surface area contributed by atoms with Gasteiger partial charge in [-0.2, -0.15) is 0 Å². The average Bonchev–Trinajstić information content (AvgIpc) is 2.47. The molecule has 0 saturated carbocycles. The number of halogens is 1. The Kier molecular flexibility index (Phi) is 4.26. The molecule has 3 nitrogen and oxygen atoms in total. The highest BCUT2D eigenvalue weighted by Gasteiger charge is 2.36. The van der Waals surface area contributed by atoms with Gasteiger partial charge in [0.15, 0.2) is 0 Å². The largest absolute Gasteiger partial charge is 0.368 e. The van der Waals surface area contributed by atoms with Crippen molar-refractivity contribution >= 4 is 11.6 Å². The van der Waals surface area contributed by atoms with Gasteiger partial charge in [0.25, 0.3) is 0 Å². The van der Waals surface area contributed by atoms with Crippen molar-refractivity contribution in [1.82, 2.24) is 0 Å². The first-order chi connectivity index (χ1) is 9.98. The van der Waals surface area contributed by atoms with Crippen LogP contribution < -0.4 is 11.1 Å². The van der Waals surface area contributed by atoms with E-state index in [1.54, 1.807) is 12.1 Å². The normalized spacial score (nSPS) is 13.5. The number of primary amides is 1. The van der Waals surface area contributed by atoms with Gasteiger partial charge >= 0.3 is 0 Å². The number of hydrogen-bond donors (Lipinski definition) is 2. The first kappa shape index (κ1) is 15.0. The van der Waals surface area contributed by atoms with E-state index in [-0.39, 0.29) is 5.82 Å². The number of nitrogens with one attached hydrogen (secondary N) is 1. The van der Waals surface area contributed by atoms with Crippen LogP contribution in [0, 0.1) is 12.7 Å². The Bertz CT molecular complexity index is 622. The highest BCUT2D eigenvalue weighted by molar-refractivity contribution is 5.89. The molecule has 0 heterocycles. The van der Waals surface area contributed by atoms with Crippen LogP contribution in [-0.4, -0.2) is 5.91 Å². The molecule has 1 atom stereocenters. The van der Waals surface area contributed by atoms with E-state index >= 15 is 0 Å². The number of aryl methyl sites for hydroxylation is 1. The van der Waals surface area contributed by atoms with Crippen LogP contribution in [0.3, 0.4) is 0 Å². The Balaban J connectivity index is 2.44. The van der Waals surface area contributed by atoms with E-state index in [0.29, 0.717) is 12.0 Å². The molecule has 2 aromatic rings. The van der Waals surface area contributed by atoms with Crippen molar-refractivity contribution < 1.29 is 9.18 Å². The van der Waals surface area contributed by atoms with Crippen molar-refractivity contribution in [2.75, 3.05) is 5.32 Å². The number of hydrogen-bond acceptors (Lipinski definition) is 2. The summed E-state index contributed by atoms with van der Waals surface area (Å²) in [6.07, 6.45) is 0.460. The van der Waals surface area contributed by atoms with Crippen LogP contribution in [0.1, 0.15) is 24.5 Å². The van der Waals surface area contributed by atoms with Crippen molar-refractivity contribution in [2.24, 2.45) is 5.73 Å². The fraction of sp³-hybridized carbons (Fsp3) is 0.235. The molecule has 0 aliphatic heterocycles. The van der Waals surface area contributed by atoms with Gasteiger partial charge in [0.1, 0.15) is 11.4 Å². The Labute approximate surface area is 124 Å². The second-order valence-electron chi connectivity index (χ2n) is 5.12. The lowest BCUT2D eigenvalue weighted by Gasteiger charge is -2.32. The number of rotatable bonds is 5. The van der Waals surface area contributed by atoms with Crippen LogP contribution in [0.2, 0.25) is 0 Å². The summed E-state index contributed by atoms with van der Waals surface area (Å²) >= 11 is 0. The summed E-state index contributed by atoms with van der Waals surface area (Å²) in [5.41, 5.74) is 7.16. The van der Waals surface area contributed by atoms with E-state index in [1.165, 1.54) is 12.1 Å². The minimum Gasteiger partial charge on any atom is -0.368 e. The summed E-state index contributed by atoms with van der Waals surface area (Å²) in [6, 6.07) is 13.5. The van der Waals surface area contributed by atoms with Gasteiger partial charge in [-0.15, -0.1) is 0 Å². The number of carbonyl (C=O) groups is 1. The maximum atomic E-state index is 13.1. The van der Waals surface area contributed by atoms with Gasteiger partial charge in [-0.3, -0.25) is 4.79 Å². The van der Waals surface area contributed by atoms with Crippen molar-refractivity contribution in [3.05, 3.63) is 65.5 Å². The van der Waals surface area contributed by atoms with E-state index in [2.05, 4.69) is 5.32 Å². The van der Waals surface area contributed by atoms with Gasteiger partial charge in [-0.05, 0) is 43.2 Å². The number of carbonyl (C=O) groups excluding carboxylic acids is 1.